The Balaban J connectivity index is 2.01. The van der Waals surface area contributed by atoms with Crippen molar-refractivity contribution in [2.45, 2.75) is 13.0 Å². The quantitative estimate of drug-likeness (QED) is 0.854. The molecule has 0 spiro atoms. The Morgan fingerprint density at radius 3 is 2.52 bits per heavy atom. The minimum atomic E-state index is -0.545. The number of ketones is 1. The molecule has 2 aromatic rings. The van der Waals surface area contributed by atoms with E-state index in [0.717, 1.165) is 11.1 Å². The number of amides is 2. The summed E-state index contributed by atoms with van der Waals surface area (Å²) in [4.78, 5) is 24.8. The van der Waals surface area contributed by atoms with Crippen LogP contribution in [0, 0.1) is 12.8 Å². The standard InChI is InChI=1S/C19H18N2O2/c1-12-7-6-10-15(11-12)17-16(13(2)20-19(23)21-17)18(22)14-8-4-3-5-9-14/h3-11,16-17H,2H2,1H3,(H2,20,21,23)/t16-,17-/m0/s1. The lowest BCUT2D eigenvalue weighted by Gasteiger charge is -2.34. The molecule has 0 unspecified atom stereocenters. The molecule has 1 fully saturated rings. The van der Waals surface area contributed by atoms with Crippen LogP contribution < -0.4 is 10.6 Å². The van der Waals surface area contributed by atoms with E-state index >= 15 is 0 Å². The number of urea groups is 1. The first-order valence-corrected chi connectivity index (χ1v) is 7.48. The third-order valence-electron chi connectivity index (χ3n) is 4.01. The van der Waals surface area contributed by atoms with Crippen LogP contribution in [0.15, 0.2) is 66.9 Å². The van der Waals surface area contributed by atoms with Gasteiger partial charge in [-0.1, -0.05) is 66.7 Å². The Bertz CT molecular complexity index is 768. The normalized spacial score (nSPS) is 20.6. The number of carbonyl (C=O) groups is 2. The van der Waals surface area contributed by atoms with Crippen molar-refractivity contribution in [2.24, 2.45) is 5.92 Å². The lowest BCUT2D eigenvalue weighted by molar-refractivity contribution is 0.0905. The number of benzene rings is 2. The molecule has 1 aliphatic rings. The van der Waals surface area contributed by atoms with E-state index in [1.165, 1.54) is 0 Å². The molecule has 3 rings (SSSR count). The highest BCUT2D eigenvalue weighted by Crippen LogP contribution is 2.32. The van der Waals surface area contributed by atoms with Gasteiger partial charge in [0, 0.05) is 11.3 Å². The van der Waals surface area contributed by atoms with Gasteiger partial charge in [-0.2, -0.15) is 0 Å². The molecular formula is C19H18N2O2. The second-order valence-corrected chi connectivity index (χ2v) is 5.72. The van der Waals surface area contributed by atoms with Gasteiger partial charge in [-0.25, -0.2) is 4.79 Å². The summed E-state index contributed by atoms with van der Waals surface area (Å²) in [5.41, 5.74) is 3.01. The van der Waals surface area contributed by atoms with Crippen molar-refractivity contribution < 1.29 is 9.59 Å². The Hall–Kier alpha value is -2.88. The summed E-state index contributed by atoms with van der Waals surface area (Å²) in [6, 6.07) is 16.1. The zero-order valence-electron chi connectivity index (χ0n) is 12.9. The van der Waals surface area contributed by atoms with Crippen molar-refractivity contribution in [2.75, 3.05) is 0 Å². The molecule has 116 valence electrons. The van der Waals surface area contributed by atoms with Gasteiger partial charge in [0.25, 0.3) is 0 Å². The number of carbonyl (C=O) groups excluding carboxylic acids is 2. The van der Waals surface area contributed by atoms with Crippen LogP contribution in [0.1, 0.15) is 27.5 Å². The molecule has 23 heavy (non-hydrogen) atoms. The number of hydrogen-bond donors (Lipinski definition) is 2. The first-order chi connectivity index (χ1) is 11.1. The number of hydrogen-bond acceptors (Lipinski definition) is 2. The van der Waals surface area contributed by atoms with Crippen molar-refractivity contribution in [1.29, 1.82) is 0 Å². The van der Waals surface area contributed by atoms with Gasteiger partial charge < -0.3 is 10.6 Å². The smallest absolute Gasteiger partial charge is 0.319 e. The maximum atomic E-state index is 12.9. The Labute approximate surface area is 135 Å². The van der Waals surface area contributed by atoms with Crippen LogP contribution in [-0.2, 0) is 0 Å². The zero-order valence-corrected chi connectivity index (χ0v) is 12.9. The fourth-order valence-corrected chi connectivity index (χ4v) is 2.92. The van der Waals surface area contributed by atoms with Gasteiger partial charge in [0.1, 0.15) is 0 Å². The zero-order chi connectivity index (χ0) is 16.4. The van der Waals surface area contributed by atoms with Crippen molar-refractivity contribution in [3.63, 3.8) is 0 Å². The highest BCUT2D eigenvalue weighted by molar-refractivity contribution is 6.01. The molecule has 0 saturated carbocycles. The second kappa shape index (κ2) is 6.08. The average molecular weight is 306 g/mol. The summed E-state index contributed by atoms with van der Waals surface area (Å²) in [5, 5.41) is 5.49. The van der Waals surface area contributed by atoms with E-state index < -0.39 is 12.0 Å². The summed E-state index contributed by atoms with van der Waals surface area (Å²) >= 11 is 0. The van der Waals surface area contributed by atoms with Gasteiger partial charge in [-0.15, -0.1) is 0 Å². The van der Waals surface area contributed by atoms with Crippen LogP contribution in [0.25, 0.3) is 0 Å². The van der Waals surface area contributed by atoms with E-state index in [4.69, 9.17) is 0 Å². The molecular weight excluding hydrogens is 288 g/mol. The van der Waals surface area contributed by atoms with E-state index in [9.17, 15) is 9.59 Å². The van der Waals surface area contributed by atoms with Crippen LogP contribution in [0.2, 0.25) is 0 Å². The molecule has 2 aromatic carbocycles. The number of rotatable bonds is 3. The maximum absolute atomic E-state index is 12.9. The van der Waals surface area contributed by atoms with Gasteiger partial charge in [0.2, 0.25) is 0 Å². The summed E-state index contributed by atoms with van der Waals surface area (Å²) in [6.07, 6.45) is 0. The van der Waals surface area contributed by atoms with Gasteiger partial charge in [0.05, 0.1) is 12.0 Å². The molecule has 0 radical (unpaired) electrons. The van der Waals surface area contributed by atoms with Gasteiger partial charge in [0.15, 0.2) is 5.78 Å². The topological polar surface area (TPSA) is 58.2 Å². The van der Waals surface area contributed by atoms with Crippen molar-refractivity contribution in [3.8, 4) is 0 Å². The lowest BCUT2D eigenvalue weighted by atomic mass is 9.83. The number of Topliss-reactive ketones (excluding diaryl/α,β-unsaturated/α-hetero) is 1. The van der Waals surface area contributed by atoms with Gasteiger partial charge in [-0.3, -0.25) is 4.79 Å². The number of aryl methyl sites for hydroxylation is 1. The molecule has 0 aromatic heterocycles. The Morgan fingerprint density at radius 1 is 1.09 bits per heavy atom. The predicted octanol–water partition coefficient (Wildman–Crippen LogP) is 3.36. The van der Waals surface area contributed by atoms with E-state index in [2.05, 4.69) is 17.2 Å². The highest BCUT2D eigenvalue weighted by Gasteiger charge is 2.37. The Kier molecular flexibility index (Phi) is 3.98. The van der Waals surface area contributed by atoms with Crippen LogP contribution >= 0.6 is 0 Å². The molecule has 1 heterocycles. The molecule has 2 amide bonds. The predicted molar refractivity (Wildman–Crippen MR) is 89.0 cm³/mol. The maximum Gasteiger partial charge on any atom is 0.319 e. The molecule has 1 aliphatic heterocycles. The monoisotopic (exact) mass is 306 g/mol. The van der Waals surface area contributed by atoms with Crippen LogP contribution in [0.3, 0.4) is 0 Å². The largest absolute Gasteiger partial charge is 0.330 e. The third-order valence-corrected chi connectivity index (χ3v) is 4.01. The van der Waals surface area contributed by atoms with Crippen LogP contribution in [0.5, 0.6) is 0 Å². The summed E-state index contributed by atoms with van der Waals surface area (Å²) in [7, 11) is 0. The molecule has 1 saturated heterocycles. The van der Waals surface area contributed by atoms with Crippen LogP contribution in [-0.4, -0.2) is 11.8 Å². The highest BCUT2D eigenvalue weighted by atomic mass is 16.2. The molecule has 2 atom stereocenters. The molecule has 0 aliphatic carbocycles. The van der Waals surface area contributed by atoms with Gasteiger partial charge >= 0.3 is 6.03 Å². The number of nitrogens with one attached hydrogen (secondary N) is 2. The minimum Gasteiger partial charge on any atom is -0.330 e. The lowest BCUT2D eigenvalue weighted by Crippen LogP contribution is -2.50. The van der Waals surface area contributed by atoms with Gasteiger partial charge in [-0.05, 0) is 12.5 Å². The summed E-state index contributed by atoms with van der Waals surface area (Å²) in [6.45, 7) is 5.88. The van der Waals surface area contributed by atoms with E-state index in [1.807, 2.05) is 49.4 Å². The van der Waals surface area contributed by atoms with E-state index in [1.54, 1.807) is 12.1 Å². The first-order valence-electron chi connectivity index (χ1n) is 7.48. The summed E-state index contributed by atoms with van der Waals surface area (Å²) < 4.78 is 0. The average Bonchev–Trinajstić information content (AvgIpc) is 2.54. The fourth-order valence-electron chi connectivity index (χ4n) is 2.92. The second-order valence-electron chi connectivity index (χ2n) is 5.72. The van der Waals surface area contributed by atoms with Crippen molar-refractivity contribution in [3.05, 3.63) is 83.6 Å². The molecule has 4 heteroatoms. The molecule has 0 bridgehead atoms. The first kappa shape index (κ1) is 15.0. The van der Waals surface area contributed by atoms with Crippen molar-refractivity contribution >= 4 is 11.8 Å². The Morgan fingerprint density at radius 2 is 1.83 bits per heavy atom. The minimum absolute atomic E-state index is 0.0605. The SMILES string of the molecule is C=C1NC(=O)N[C@@H](c2cccc(C)c2)[C@H]1C(=O)c1ccccc1. The van der Waals surface area contributed by atoms with Crippen LogP contribution in [0.4, 0.5) is 4.79 Å². The molecule has 4 nitrogen and oxygen atoms in total. The molecule has 2 N–H and O–H groups in total. The van der Waals surface area contributed by atoms with E-state index in [-0.39, 0.29) is 11.8 Å². The third kappa shape index (κ3) is 3.01. The fraction of sp³-hybridized carbons (Fsp3) is 0.158. The van der Waals surface area contributed by atoms with E-state index in [0.29, 0.717) is 11.3 Å². The summed E-state index contributed by atoms with van der Waals surface area (Å²) in [5.74, 6) is -0.605. The van der Waals surface area contributed by atoms with Crippen molar-refractivity contribution in [1.82, 2.24) is 10.6 Å².